The predicted octanol–water partition coefficient (Wildman–Crippen LogP) is 0.869. The van der Waals surface area contributed by atoms with Crippen molar-refractivity contribution in [3.63, 3.8) is 0 Å². The van der Waals surface area contributed by atoms with Crippen LogP contribution >= 0.6 is 0 Å². The monoisotopic (exact) mass is 293 g/mol. The highest BCUT2D eigenvalue weighted by molar-refractivity contribution is 5.76. The van der Waals surface area contributed by atoms with Crippen molar-refractivity contribution < 1.29 is 9.53 Å². The fraction of sp³-hybridized carbons (Fsp3) is 0.857. The number of carbonyl (C=O) groups excluding carboxylic acids is 1. The lowest BCUT2D eigenvalue weighted by atomic mass is 9.60. The molecule has 2 aliphatic carbocycles. The summed E-state index contributed by atoms with van der Waals surface area (Å²) >= 11 is 0. The molecule has 7 nitrogen and oxygen atoms in total. The molecule has 1 spiro atoms. The summed E-state index contributed by atoms with van der Waals surface area (Å²) in [5.74, 6) is 0.0634. The zero-order valence-corrected chi connectivity index (χ0v) is 12.7. The highest BCUT2D eigenvalue weighted by Gasteiger charge is 2.58. The molecule has 1 heterocycles. The molecule has 2 fully saturated rings. The number of likely N-dealkylation sites (N-methyl/N-ethyl adjacent to an activating group) is 1. The Bertz CT molecular complexity index is 484. The third-order valence-electron chi connectivity index (χ3n) is 5.19. The Kier molecular flexibility index (Phi) is 3.93. The first-order valence-corrected chi connectivity index (χ1v) is 7.75. The van der Waals surface area contributed by atoms with Crippen LogP contribution < -0.4 is 0 Å². The maximum absolute atomic E-state index is 12.4. The molecule has 1 aromatic heterocycles. The molecule has 0 saturated heterocycles. The van der Waals surface area contributed by atoms with E-state index in [0.29, 0.717) is 12.1 Å². The molecular weight excluding hydrogens is 270 g/mol. The molecule has 21 heavy (non-hydrogen) atoms. The van der Waals surface area contributed by atoms with Crippen LogP contribution in [0.15, 0.2) is 6.33 Å². The largest absolute Gasteiger partial charge is 0.378 e. The lowest BCUT2D eigenvalue weighted by Gasteiger charge is -2.57. The van der Waals surface area contributed by atoms with E-state index >= 15 is 0 Å². The second kappa shape index (κ2) is 5.71. The summed E-state index contributed by atoms with van der Waals surface area (Å²) in [6.45, 7) is 3.00. The highest BCUT2D eigenvalue weighted by Crippen LogP contribution is 2.56. The summed E-state index contributed by atoms with van der Waals surface area (Å²) in [7, 11) is 1.90. The maximum atomic E-state index is 12.4. The summed E-state index contributed by atoms with van der Waals surface area (Å²) in [4.78, 5) is 14.3. The Morgan fingerprint density at radius 2 is 2.24 bits per heavy atom. The molecular formula is C14H23N5O2. The van der Waals surface area contributed by atoms with Gasteiger partial charge in [-0.05, 0) is 36.6 Å². The second-order valence-electron chi connectivity index (χ2n) is 6.15. The van der Waals surface area contributed by atoms with E-state index in [0.717, 1.165) is 13.0 Å². The van der Waals surface area contributed by atoms with Crippen LogP contribution in [0.3, 0.4) is 0 Å². The molecule has 0 aliphatic heterocycles. The van der Waals surface area contributed by atoms with Crippen LogP contribution in [0.2, 0.25) is 0 Å². The van der Waals surface area contributed by atoms with Gasteiger partial charge in [-0.3, -0.25) is 4.79 Å². The minimum atomic E-state index is 0.0634. The van der Waals surface area contributed by atoms with E-state index in [9.17, 15) is 4.79 Å². The standard InChI is InChI=1S/C14H23N5O2/c1-3-21-12-8-11(14(12)6-4-5-7-14)18(2)13(20)9-19-10-15-16-17-19/h10-12H,3-9H2,1-2H3/t11-,12+/m0/s1. The van der Waals surface area contributed by atoms with Crippen molar-refractivity contribution in [1.29, 1.82) is 0 Å². The molecule has 0 unspecified atom stereocenters. The summed E-state index contributed by atoms with van der Waals surface area (Å²) in [5, 5.41) is 10.9. The molecule has 2 atom stereocenters. The van der Waals surface area contributed by atoms with E-state index in [2.05, 4.69) is 15.5 Å². The molecule has 3 rings (SSSR count). The normalized spacial score (nSPS) is 26.8. The van der Waals surface area contributed by atoms with Crippen molar-refractivity contribution in [3.05, 3.63) is 6.33 Å². The lowest BCUT2D eigenvalue weighted by Crippen LogP contribution is -2.64. The van der Waals surface area contributed by atoms with Gasteiger partial charge in [-0.1, -0.05) is 12.8 Å². The quantitative estimate of drug-likeness (QED) is 0.805. The fourth-order valence-corrected chi connectivity index (χ4v) is 4.07. The number of amides is 1. The first-order chi connectivity index (χ1) is 10.2. The number of ether oxygens (including phenoxy) is 1. The van der Waals surface area contributed by atoms with Gasteiger partial charge >= 0.3 is 0 Å². The van der Waals surface area contributed by atoms with Crippen LogP contribution in [0.25, 0.3) is 0 Å². The van der Waals surface area contributed by atoms with Gasteiger partial charge in [0.15, 0.2) is 0 Å². The van der Waals surface area contributed by atoms with E-state index in [4.69, 9.17) is 4.74 Å². The molecule has 0 bridgehead atoms. The van der Waals surface area contributed by atoms with E-state index < -0.39 is 0 Å². The Labute approximate surface area is 124 Å². The molecule has 0 radical (unpaired) electrons. The van der Waals surface area contributed by atoms with Crippen LogP contribution in [0.1, 0.15) is 39.0 Å². The minimum absolute atomic E-state index is 0.0634. The van der Waals surface area contributed by atoms with Gasteiger partial charge in [0.05, 0.1) is 6.10 Å². The third kappa shape index (κ3) is 2.43. The zero-order valence-electron chi connectivity index (χ0n) is 12.7. The van der Waals surface area contributed by atoms with Crippen molar-refractivity contribution in [3.8, 4) is 0 Å². The number of tetrazole rings is 1. The van der Waals surface area contributed by atoms with Crippen LogP contribution in [0.5, 0.6) is 0 Å². The Morgan fingerprint density at radius 1 is 1.48 bits per heavy atom. The molecule has 116 valence electrons. The number of carbonyl (C=O) groups is 1. The van der Waals surface area contributed by atoms with Crippen LogP contribution in [0.4, 0.5) is 0 Å². The number of rotatable bonds is 5. The van der Waals surface area contributed by atoms with Crippen LogP contribution in [-0.2, 0) is 16.1 Å². The first kappa shape index (κ1) is 14.4. The van der Waals surface area contributed by atoms with E-state index in [1.54, 1.807) is 0 Å². The number of aromatic nitrogens is 4. The Hall–Kier alpha value is -1.50. The van der Waals surface area contributed by atoms with Crippen molar-refractivity contribution in [2.75, 3.05) is 13.7 Å². The minimum Gasteiger partial charge on any atom is -0.378 e. The summed E-state index contributed by atoms with van der Waals surface area (Å²) in [6.07, 6.45) is 7.57. The molecule has 0 aromatic carbocycles. The first-order valence-electron chi connectivity index (χ1n) is 7.75. The average molecular weight is 293 g/mol. The van der Waals surface area contributed by atoms with E-state index in [-0.39, 0.29) is 17.9 Å². The molecule has 1 aromatic rings. The van der Waals surface area contributed by atoms with Crippen molar-refractivity contribution in [2.24, 2.45) is 5.41 Å². The SMILES string of the molecule is CCO[C@@H]1C[C@H](N(C)C(=O)Cn2cnnn2)C12CCCC2. The smallest absolute Gasteiger partial charge is 0.244 e. The van der Waals surface area contributed by atoms with Gasteiger partial charge in [0.1, 0.15) is 12.9 Å². The van der Waals surface area contributed by atoms with Gasteiger partial charge < -0.3 is 9.64 Å². The summed E-state index contributed by atoms with van der Waals surface area (Å²) in [5.41, 5.74) is 0.182. The lowest BCUT2D eigenvalue weighted by molar-refractivity contribution is -0.172. The van der Waals surface area contributed by atoms with Crippen LogP contribution in [0, 0.1) is 5.41 Å². The van der Waals surface area contributed by atoms with Gasteiger partial charge in [0, 0.05) is 25.1 Å². The Balaban J connectivity index is 1.67. The van der Waals surface area contributed by atoms with E-state index in [1.807, 2.05) is 18.9 Å². The molecule has 1 amide bonds. The Morgan fingerprint density at radius 3 is 2.86 bits per heavy atom. The van der Waals surface area contributed by atoms with Crippen molar-refractivity contribution in [2.45, 2.75) is 57.7 Å². The predicted molar refractivity (Wildman–Crippen MR) is 75.3 cm³/mol. The maximum Gasteiger partial charge on any atom is 0.244 e. The molecule has 2 aliphatic rings. The molecule has 2 saturated carbocycles. The zero-order chi connectivity index (χ0) is 14.9. The van der Waals surface area contributed by atoms with Gasteiger partial charge in [-0.2, -0.15) is 0 Å². The topological polar surface area (TPSA) is 73.1 Å². The highest BCUT2D eigenvalue weighted by atomic mass is 16.5. The number of hydrogen-bond donors (Lipinski definition) is 0. The van der Waals surface area contributed by atoms with E-state index in [1.165, 1.54) is 36.7 Å². The molecule has 7 heteroatoms. The number of hydrogen-bond acceptors (Lipinski definition) is 5. The summed E-state index contributed by atoms with van der Waals surface area (Å²) < 4.78 is 7.38. The van der Waals surface area contributed by atoms with Gasteiger partial charge in [0.25, 0.3) is 0 Å². The summed E-state index contributed by atoms with van der Waals surface area (Å²) in [6, 6.07) is 0.292. The van der Waals surface area contributed by atoms with Crippen molar-refractivity contribution in [1.82, 2.24) is 25.1 Å². The van der Waals surface area contributed by atoms with Gasteiger partial charge in [0.2, 0.25) is 5.91 Å². The van der Waals surface area contributed by atoms with Gasteiger partial charge in [-0.15, -0.1) is 5.10 Å². The van der Waals surface area contributed by atoms with Gasteiger partial charge in [-0.25, -0.2) is 4.68 Å². The second-order valence-corrected chi connectivity index (χ2v) is 6.15. The van der Waals surface area contributed by atoms with Crippen LogP contribution in [-0.4, -0.2) is 56.8 Å². The average Bonchev–Trinajstić information content (AvgIpc) is 3.14. The number of nitrogens with zero attached hydrogens (tertiary/aromatic N) is 5. The molecule has 0 N–H and O–H groups in total. The fourth-order valence-electron chi connectivity index (χ4n) is 4.07. The third-order valence-corrected chi connectivity index (χ3v) is 5.19. The van der Waals surface area contributed by atoms with Crippen molar-refractivity contribution >= 4 is 5.91 Å².